The number of nitrogens with zero attached hydrogens (tertiary/aromatic N) is 2. The Hall–Kier alpha value is -1.09. The predicted molar refractivity (Wildman–Crippen MR) is 76.2 cm³/mol. The minimum Gasteiger partial charge on any atom is -0.383 e. The molecule has 1 aliphatic rings. The van der Waals surface area contributed by atoms with Gasteiger partial charge in [-0.15, -0.1) is 0 Å². The van der Waals surface area contributed by atoms with Gasteiger partial charge in [0.1, 0.15) is 5.82 Å². The molecular weight excluding hydrogens is 222 g/mol. The molecule has 2 N–H and O–H groups in total. The molecule has 0 saturated carbocycles. The van der Waals surface area contributed by atoms with Crippen LogP contribution in [0, 0.1) is 5.41 Å². The third-order valence-electron chi connectivity index (χ3n) is 4.74. The third-order valence-corrected chi connectivity index (χ3v) is 4.74. The second-order valence-electron chi connectivity index (χ2n) is 5.53. The van der Waals surface area contributed by atoms with Crippen LogP contribution in [0.2, 0.25) is 0 Å². The van der Waals surface area contributed by atoms with Crippen molar-refractivity contribution in [3.8, 4) is 0 Å². The van der Waals surface area contributed by atoms with Gasteiger partial charge in [0.15, 0.2) is 0 Å². The van der Waals surface area contributed by atoms with Crippen molar-refractivity contribution in [1.29, 1.82) is 0 Å². The molecule has 100 valence electrons. The number of nitrogens with two attached hydrogens (primary N) is 1. The first-order chi connectivity index (χ1) is 8.69. The van der Waals surface area contributed by atoms with Crippen molar-refractivity contribution in [2.24, 2.45) is 5.41 Å². The zero-order valence-corrected chi connectivity index (χ0v) is 11.7. The Morgan fingerprint density at radius 2 is 1.94 bits per heavy atom. The van der Waals surface area contributed by atoms with E-state index in [9.17, 15) is 0 Å². The Bertz CT molecular complexity index is 375. The van der Waals surface area contributed by atoms with Gasteiger partial charge in [-0.3, -0.25) is 4.90 Å². The average Bonchev–Trinajstić information content (AvgIpc) is 2.43. The van der Waals surface area contributed by atoms with Crippen LogP contribution in [-0.2, 0) is 6.54 Å². The van der Waals surface area contributed by atoms with Crippen LogP contribution >= 0.6 is 0 Å². The maximum absolute atomic E-state index is 5.91. The summed E-state index contributed by atoms with van der Waals surface area (Å²) in [6, 6.07) is 4.06. The van der Waals surface area contributed by atoms with Gasteiger partial charge < -0.3 is 5.73 Å². The Morgan fingerprint density at radius 1 is 1.28 bits per heavy atom. The highest BCUT2D eigenvalue weighted by Crippen LogP contribution is 2.38. The molecule has 1 aromatic rings. The van der Waals surface area contributed by atoms with E-state index in [1.807, 2.05) is 6.07 Å². The Labute approximate surface area is 110 Å². The summed E-state index contributed by atoms with van der Waals surface area (Å²) in [6.07, 6.45) is 7.02. The van der Waals surface area contributed by atoms with Gasteiger partial charge >= 0.3 is 0 Å². The highest BCUT2D eigenvalue weighted by molar-refractivity contribution is 5.38. The van der Waals surface area contributed by atoms with Crippen molar-refractivity contribution in [2.75, 3.05) is 18.8 Å². The summed E-state index contributed by atoms with van der Waals surface area (Å²) >= 11 is 0. The predicted octanol–water partition coefficient (Wildman–Crippen LogP) is 3.07. The maximum atomic E-state index is 5.91. The van der Waals surface area contributed by atoms with E-state index in [1.165, 1.54) is 38.8 Å². The molecule has 0 amide bonds. The number of hydrogen-bond donors (Lipinski definition) is 1. The van der Waals surface area contributed by atoms with Crippen LogP contribution in [0.4, 0.5) is 5.82 Å². The standard InChI is InChI=1S/C15H25N3/c1-3-15(4-2)7-10-18(11-8-15)12-13-6-5-9-17-14(13)16/h5-6,9H,3-4,7-8,10-12H2,1-2H3,(H2,16,17). The van der Waals surface area contributed by atoms with Crippen LogP contribution in [0.25, 0.3) is 0 Å². The molecule has 3 heteroatoms. The van der Waals surface area contributed by atoms with Crippen molar-refractivity contribution in [2.45, 2.75) is 46.1 Å². The molecule has 0 bridgehead atoms. The maximum Gasteiger partial charge on any atom is 0.127 e. The molecule has 1 aromatic heterocycles. The van der Waals surface area contributed by atoms with E-state index in [1.54, 1.807) is 6.20 Å². The Balaban J connectivity index is 1.93. The van der Waals surface area contributed by atoms with Gasteiger partial charge in [0.25, 0.3) is 0 Å². The third kappa shape index (κ3) is 2.83. The van der Waals surface area contributed by atoms with Gasteiger partial charge in [-0.05, 0) is 37.4 Å². The number of likely N-dealkylation sites (tertiary alicyclic amines) is 1. The topological polar surface area (TPSA) is 42.2 Å². The van der Waals surface area contributed by atoms with Gasteiger partial charge in [0.05, 0.1) is 0 Å². The Kier molecular flexibility index (Phi) is 4.23. The van der Waals surface area contributed by atoms with Crippen molar-refractivity contribution < 1.29 is 0 Å². The fraction of sp³-hybridized carbons (Fsp3) is 0.667. The molecule has 18 heavy (non-hydrogen) atoms. The number of hydrogen-bond acceptors (Lipinski definition) is 3. The normalized spacial score (nSPS) is 19.9. The molecule has 0 aromatic carbocycles. The van der Waals surface area contributed by atoms with Gasteiger partial charge in [0, 0.05) is 18.3 Å². The number of piperidine rings is 1. The van der Waals surface area contributed by atoms with Gasteiger partial charge in [-0.25, -0.2) is 4.98 Å². The molecular formula is C15H25N3. The zero-order chi connectivity index (χ0) is 13.0. The molecule has 0 unspecified atom stereocenters. The largest absolute Gasteiger partial charge is 0.383 e. The van der Waals surface area contributed by atoms with Gasteiger partial charge in [0.2, 0.25) is 0 Å². The van der Waals surface area contributed by atoms with Crippen LogP contribution in [0.5, 0.6) is 0 Å². The Morgan fingerprint density at radius 3 is 2.50 bits per heavy atom. The number of pyridine rings is 1. The van der Waals surface area contributed by atoms with E-state index in [0.29, 0.717) is 11.2 Å². The van der Waals surface area contributed by atoms with Gasteiger partial charge in [-0.1, -0.05) is 32.8 Å². The summed E-state index contributed by atoms with van der Waals surface area (Å²) in [5.41, 5.74) is 7.66. The molecule has 1 aliphatic heterocycles. The molecule has 1 saturated heterocycles. The zero-order valence-electron chi connectivity index (χ0n) is 11.7. The first kappa shape index (κ1) is 13.3. The summed E-state index contributed by atoms with van der Waals surface area (Å²) in [6.45, 7) is 7.99. The van der Waals surface area contributed by atoms with E-state index >= 15 is 0 Å². The van der Waals surface area contributed by atoms with E-state index in [2.05, 4.69) is 29.8 Å². The van der Waals surface area contributed by atoms with Crippen LogP contribution < -0.4 is 5.73 Å². The first-order valence-corrected chi connectivity index (χ1v) is 7.11. The lowest BCUT2D eigenvalue weighted by atomic mass is 9.74. The fourth-order valence-electron chi connectivity index (χ4n) is 2.97. The van der Waals surface area contributed by atoms with E-state index < -0.39 is 0 Å². The van der Waals surface area contributed by atoms with Crippen molar-refractivity contribution in [3.05, 3.63) is 23.9 Å². The lowest BCUT2D eigenvalue weighted by Crippen LogP contribution is -2.39. The summed E-state index contributed by atoms with van der Waals surface area (Å²) in [7, 11) is 0. The summed E-state index contributed by atoms with van der Waals surface area (Å²) in [4.78, 5) is 6.67. The summed E-state index contributed by atoms with van der Waals surface area (Å²) in [5, 5.41) is 0. The highest BCUT2D eigenvalue weighted by atomic mass is 15.1. The molecule has 2 rings (SSSR count). The SMILES string of the molecule is CCC1(CC)CCN(Cc2cccnc2N)CC1. The summed E-state index contributed by atoms with van der Waals surface area (Å²) < 4.78 is 0. The van der Waals surface area contributed by atoms with E-state index in [-0.39, 0.29) is 0 Å². The fourth-order valence-corrected chi connectivity index (χ4v) is 2.97. The molecule has 0 spiro atoms. The molecule has 2 heterocycles. The summed E-state index contributed by atoms with van der Waals surface area (Å²) in [5.74, 6) is 0.681. The van der Waals surface area contributed by atoms with Crippen LogP contribution in [0.1, 0.15) is 45.1 Å². The lowest BCUT2D eigenvalue weighted by molar-refractivity contribution is 0.0910. The van der Waals surface area contributed by atoms with Crippen molar-refractivity contribution >= 4 is 5.82 Å². The smallest absolute Gasteiger partial charge is 0.127 e. The highest BCUT2D eigenvalue weighted by Gasteiger charge is 2.31. The molecule has 1 fully saturated rings. The van der Waals surface area contributed by atoms with E-state index in [0.717, 1.165) is 12.1 Å². The number of anilines is 1. The lowest BCUT2D eigenvalue weighted by Gasteiger charge is -2.41. The quantitative estimate of drug-likeness (QED) is 0.889. The van der Waals surface area contributed by atoms with E-state index in [4.69, 9.17) is 5.73 Å². The van der Waals surface area contributed by atoms with Crippen molar-refractivity contribution in [3.63, 3.8) is 0 Å². The average molecular weight is 247 g/mol. The number of rotatable bonds is 4. The molecule has 0 aliphatic carbocycles. The van der Waals surface area contributed by atoms with Crippen LogP contribution in [-0.4, -0.2) is 23.0 Å². The molecule has 3 nitrogen and oxygen atoms in total. The molecule has 0 radical (unpaired) electrons. The molecule has 0 atom stereocenters. The van der Waals surface area contributed by atoms with Gasteiger partial charge in [-0.2, -0.15) is 0 Å². The second kappa shape index (κ2) is 5.70. The van der Waals surface area contributed by atoms with Crippen molar-refractivity contribution in [1.82, 2.24) is 9.88 Å². The second-order valence-corrected chi connectivity index (χ2v) is 5.53. The minimum atomic E-state index is 0.594. The number of nitrogen functional groups attached to an aromatic ring is 1. The van der Waals surface area contributed by atoms with Crippen LogP contribution in [0.3, 0.4) is 0 Å². The number of aromatic nitrogens is 1. The monoisotopic (exact) mass is 247 g/mol. The van der Waals surface area contributed by atoms with Crippen LogP contribution in [0.15, 0.2) is 18.3 Å². The minimum absolute atomic E-state index is 0.594. The first-order valence-electron chi connectivity index (χ1n) is 7.11.